The zero-order valence-corrected chi connectivity index (χ0v) is 22.0. The third-order valence-corrected chi connectivity index (χ3v) is 8.18. The van der Waals surface area contributed by atoms with Crippen molar-refractivity contribution in [2.75, 3.05) is 65.8 Å². The second kappa shape index (κ2) is 15.1. The zero-order chi connectivity index (χ0) is 23.3. The minimum absolute atomic E-state index is 0.819. The molecule has 2 aromatic heterocycles. The van der Waals surface area contributed by atoms with Gasteiger partial charge in [-0.3, -0.25) is 9.80 Å². The second-order valence-corrected chi connectivity index (χ2v) is 11.0. The summed E-state index contributed by atoms with van der Waals surface area (Å²) in [7, 11) is 0. The molecule has 0 unspecified atom stereocenters. The molecule has 6 nitrogen and oxygen atoms in total. The molecule has 0 saturated carbocycles. The monoisotopic (exact) mass is 508 g/mol. The van der Waals surface area contributed by atoms with E-state index in [9.17, 15) is 0 Å². The van der Waals surface area contributed by atoms with Crippen LogP contribution in [0.5, 0.6) is 11.5 Å². The molecule has 4 rings (SSSR count). The van der Waals surface area contributed by atoms with Crippen molar-refractivity contribution in [1.29, 1.82) is 0 Å². The number of ether oxygens (including phenoxy) is 4. The number of hydrogen-bond acceptors (Lipinski definition) is 8. The van der Waals surface area contributed by atoms with Crippen molar-refractivity contribution in [2.45, 2.75) is 51.6 Å². The Morgan fingerprint density at radius 2 is 1.03 bits per heavy atom. The van der Waals surface area contributed by atoms with Crippen LogP contribution in [0, 0.1) is 0 Å². The Kier molecular flexibility index (Phi) is 11.5. The van der Waals surface area contributed by atoms with Crippen molar-refractivity contribution in [2.24, 2.45) is 0 Å². The fraction of sp³-hybridized carbons (Fsp3) is 0.692. The summed E-state index contributed by atoms with van der Waals surface area (Å²) in [6, 6.07) is 4.25. The number of thiophene rings is 2. The van der Waals surface area contributed by atoms with Crippen molar-refractivity contribution >= 4 is 22.7 Å². The maximum atomic E-state index is 6.09. The standard InChI is InChI=1S/C26H40N2O4S2/c1(3-5-13-31-23-7-19-33-25(23)21-27-9-15-29-16-10-27)2-4-6-14-32-24-8-20-34-26(24)22-28-11-17-30-18-12-28/h7-8,19-20H,1-6,9-18,21-22H2. The predicted molar refractivity (Wildman–Crippen MR) is 140 cm³/mol. The predicted octanol–water partition coefficient (Wildman–Crippen LogP) is 5.27. The molecule has 4 heterocycles. The maximum Gasteiger partial charge on any atom is 0.134 e. The summed E-state index contributed by atoms with van der Waals surface area (Å²) in [4.78, 5) is 7.60. The second-order valence-electron chi connectivity index (χ2n) is 9.01. The zero-order valence-electron chi connectivity index (χ0n) is 20.4. The number of rotatable bonds is 15. The first-order valence-corrected chi connectivity index (χ1v) is 14.6. The van der Waals surface area contributed by atoms with Crippen LogP contribution in [0.3, 0.4) is 0 Å². The fourth-order valence-electron chi connectivity index (χ4n) is 4.35. The summed E-state index contributed by atoms with van der Waals surface area (Å²) in [5, 5.41) is 4.30. The molecule has 2 aliphatic heterocycles. The quantitative estimate of drug-likeness (QED) is 0.305. The van der Waals surface area contributed by atoms with Crippen molar-refractivity contribution in [3.63, 3.8) is 0 Å². The molecule has 2 saturated heterocycles. The molecule has 34 heavy (non-hydrogen) atoms. The van der Waals surface area contributed by atoms with Gasteiger partial charge in [0.15, 0.2) is 0 Å². The van der Waals surface area contributed by atoms with Crippen molar-refractivity contribution in [1.82, 2.24) is 9.80 Å². The molecule has 8 heteroatoms. The lowest BCUT2D eigenvalue weighted by atomic mass is 10.1. The average molecular weight is 509 g/mol. The van der Waals surface area contributed by atoms with Crippen LogP contribution in [-0.4, -0.2) is 75.6 Å². The topological polar surface area (TPSA) is 43.4 Å². The Morgan fingerprint density at radius 3 is 1.47 bits per heavy atom. The molecule has 2 aromatic rings. The smallest absolute Gasteiger partial charge is 0.134 e. The molecule has 2 fully saturated rings. The first-order valence-electron chi connectivity index (χ1n) is 12.9. The number of hydrogen-bond donors (Lipinski definition) is 0. The van der Waals surface area contributed by atoms with E-state index in [0.29, 0.717) is 0 Å². The molecule has 190 valence electrons. The number of unbranched alkanes of at least 4 members (excludes halogenated alkanes) is 5. The van der Waals surface area contributed by atoms with Gasteiger partial charge in [-0.05, 0) is 35.7 Å². The van der Waals surface area contributed by atoms with E-state index in [4.69, 9.17) is 18.9 Å². The molecule has 0 aromatic carbocycles. The van der Waals surface area contributed by atoms with Gasteiger partial charge in [-0.2, -0.15) is 0 Å². The Balaban J connectivity index is 1.00. The van der Waals surface area contributed by atoms with Gasteiger partial charge in [-0.25, -0.2) is 0 Å². The Morgan fingerprint density at radius 1 is 0.618 bits per heavy atom. The van der Waals surface area contributed by atoms with Crippen LogP contribution in [0.25, 0.3) is 0 Å². The first-order chi connectivity index (χ1) is 16.9. The minimum Gasteiger partial charge on any atom is -0.492 e. The van der Waals surface area contributed by atoms with Crippen LogP contribution in [0.1, 0.15) is 48.3 Å². The van der Waals surface area contributed by atoms with E-state index in [1.165, 1.54) is 35.4 Å². The van der Waals surface area contributed by atoms with Gasteiger partial charge in [0.25, 0.3) is 0 Å². The van der Waals surface area contributed by atoms with Crippen molar-refractivity contribution in [3.8, 4) is 11.5 Å². The van der Waals surface area contributed by atoms with Gasteiger partial charge in [-0.1, -0.05) is 25.7 Å². The summed E-state index contributed by atoms with van der Waals surface area (Å²) in [6.07, 6.45) is 7.27. The highest BCUT2D eigenvalue weighted by atomic mass is 32.1. The lowest BCUT2D eigenvalue weighted by molar-refractivity contribution is 0.0342. The molecule has 0 amide bonds. The van der Waals surface area contributed by atoms with Crippen molar-refractivity contribution in [3.05, 3.63) is 32.6 Å². The summed E-state index contributed by atoms with van der Waals surface area (Å²) in [5.74, 6) is 2.16. The minimum atomic E-state index is 0.819. The van der Waals surface area contributed by atoms with Gasteiger partial charge in [0, 0.05) is 39.3 Å². The third kappa shape index (κ3) is 8.81. The maximum absolute atomic E-state index is 6.09. The number of nitrogens with zero attached hydrogens (tertiary/aromatic N) is 2. The summed E-state index contributed by atoms with van der Waals surface area (Å²) >= 11 is 3.61. The normalized spacial score (nSPS) is 17.8. The highest BCUT2D eigenvalue weighted by Crippen LogP contribution is 2.28. The summed E-state index contributed by atoms with van der Waals surface area (Å²) in [5.41, 5.74) is 0. The fourth-order valence-corrected chi connectivity index (χ4v) is 6.06. The summed E-state index contributed by atoms with van der Waals surface area (Å²) in [6.45, 7) is 11.1. The first kappa shape index (κ1) is 25.9. The van der Waals surface area contributed by atoms with Crippen LogP contribution in [0.4, 0.5) is 0 Å². The Bertz CT molecular complexity index is 734. The summed E-state index contributed by atoms with van der Waals surface area (Å²) < 4.78 is 23.1. The van der Waals surface area contributed by atoms with E-state index in [2.05, 4.69) is 32.7 Å². The lowest BCUT2D eigenvalue weighted by Gasteiger charge is -2.26. The van der Waals surface area contributed by atoms with E-state index < -0.39 is 0 Å². The molecule has 0 N–H and O–H groups in total. The molecule has 0 radical (unpaired) electrons. The van der Waals surface area contributed by atoms with Crippen LogP contribution in [0.2, 0.25) is 0 Å². The van der Waals surface area contributed by atoms with Gasteiger partial charge in [0.1, 0.15) is 11.5 Å². The van der Waals surface area contributed by atoms with E-state index in [-0.39, 0.29) is 0 Å². The van der Waals surface area contributed by atoms with E-state index in [1.807, 2.05) is 0 Å². The van der Waals surface area contributed by atoms with Gasteiger partial charge in [-0.15, -0.1) is 22.7 Å². The molecule has 0 atom stereocenters. The van der Waals surface area contributed by atoms with E-state index in [0.717, 1.165) is 103 Å². The largest absolute Gasteiger partial charge is 0.492 e. The molecule has 2 aliphatic rings. The molecular formula is C26H40N2O4S2. The van der Waals surface area contributed by atoms with E-state index in [1.54, 1.807) is 22.7 Å². The van der Waals surface area contributed by atoms with Gasteiger partial charge in [0.2, 0.25) is 0 Å². The highest BCUT2D eigenvalue weighted by Gasteiger charge is 2.15. The third-order valence-electron chi connectivity index (χ3n) is 6.40. The molecular weight excluding hydrogens is 468 g/mol. The lowest BCUT2D eigenvalue weighted by Crippen LogP contribution is -2.35. The van der Waals surface area contributed by atoms with Gasteiger partial charge >= 0.3 is 0 Å². The molecule has 0 spiro atoms. The van der Waals surface area contributed by atoms with Crippen LogP contribution >= 0.6 is 22.7 Å². The van der Waals surface area contributed by atoms with Crippen LogP contribution in [-0.2, 0) is 22.6 Å². The highest BCUT2D eigenvalue weighted by molar-refractivity contribution is 7.10. The van der Waals surface area contributed by atoms with Crippen molar-refractivity contribution < 1.29 is 18.9 Å². The Labute approximate surface area is 212 Å². The van der Waals surface area contributed by atoms with Crippen LogP contribution in [0.15, 0.2) is 22.9 Å². The SMILES string of the molecule is c1cc(OCCCCCCCCOc2ccsc2CN2CCOCC2)c(CN2CCOCC2)s1. The number of morpholine rings is 2. The Hall–Kier alpha value is -1.16. The van der Waals surface area contributed by atoms with Crippen LogP contribution < -0.4 is 9.47 Å². The molecule has 0 aliphatic carbocycles. The van der Waals surface area contributed by atoms with Gasteiger partial charge in [0.05, 0.1) is 49.4 Å². The van der Waals surface area contributed by atoms with E-state index >= 15 is 0 Å². The van der Waals surface area contributed by atoms with Gasteiger partial charge < -0.3 is 18.9 Å². The molecule has 0 bridgehead atoms. The average Bonchev–Trinajstić information content (AvgIpc) is 3.51.